The van der Waals surface area contributed by atoms with Crippen LogP contribution in [0.3, 0.4) is 0 Å². The summed E-state index contributed by atoms with van der Waals surface area (Å²) in [5.41, 5.74) is -0.377. The summed E-state index contributed by atoms with van der Waals surface area (Å²) in [4.78, 5) is 0. The summed E-state index contributed by atoms with van der Waals surface area (Å²) < 4.78 is 22.7. The van der Waals surface area contributed by atoms with Crippen LogP contribution in [0.2, 0.25) is 0 Å². The first kappa shape index (κ1) is 13.1. The summed E-state index contributed by atoms with van der Waals surface area (Å²) >= 11 is 5.22. The summed E-state index contributed by atoms with van der Waals surface area (Å²) in [6, 6.07) is 0.0695. The van der Waals surface area contributed by atoms with E-state index in [1.807, 2.05) is 15.4 Å². The van der Waals surface area contributed by atoms with Crippen LogP contribution in [-0.4, -0.2) is 53.4 Å². The maximum Gasteiger partial charge on any atom is 0.214 e. The molecule has 0 aromatic heterocycles. The topological polar surface area (TPSA) is 36.9 Å². The predicted molar refractivity (Wildman–Crippen MR) is 70.8 cm³/mol. The predicted octanol–water partition coefficient (Wildman–Crippen LogP) is -0.730. The van der Waals surface area contributed by atoms with E-state index in [0.29, 0.717) is 13.2 Å². The Bertz CT molecular complexity index is 317. The monoisotopic (exact) mass is 262 g/mol. The molecule has 1 spiro atoms. The quantitative estimate of drug-likeness (QED) is 0.460. The summed E-state index contributed by atoms with van der Waals surface area (Å²) in [5.74, 6) is 0.253. The van der Waals surface area contributed by atoms with E-state index in [1.54, 1.807) is 7.11 Å². The maximum atomic E-state index is 6.00. The van der Waals surface area contributed by atoms with Gasteiger partial charge in [-0.3, -0.25) is 0 Å². The third kappa shape index (κ3) is 2.14. The average Bonchev–Trinajstić information content (AvgIpc) is 2.45. The number of hydrogen-bond acceptors (Lipinski definition) is 5. The van der Waals surface area contributed by atoms with Crippen LogP contribution >= 0.6 is 6.37 Å². The highest BCUT2D eigenvalue weighted by atomic mass is 32.4. The third-order valence-corrected chi connectivity index (χ3v) is 5.39. The van der Waals surface area contributed by atoms with Crippen LogP contribution < -0.4 is 0 Å². The zero-order chi connectivity index (χ0) is 12.0. The fourth-order valence-corrected chi connectivity index (χ4v) is 3.81. The smallest absolute Gasteiger partial charge is 0.214 e. The Morgan fingerprint density at radius 3 is 2.44 bits per heavy atom. The lowest BCUT2D eigenvalue weighted by molar-refractivity contribution is -0.105. The van der Waals surface area contributed by atoms with Gasteiger partial charge >= 0.3 is 0 Å². The molecule has 2 aliphatic rings. The Hall–Kier alpha value is 0.620. The van der Waals surface area contributed by atoms with Crippen LogP contribution in [0.15, 0.2) is 0 Å². The molecule has 90 valence electrons. The lowest BCUT2D eigenvalue weighted by atomic mass is 9.83. The normalized spacial score (nSPS) is 53.2. The molecule has 2 aliphatic heterocycles. The van der Waals surface area contributed by atoms with Gasteiger partial charge in [0.05, 0.1) is 25.3 Å². The summed E-state index contributed by atoms with van der Waals surface area (Å²) in [6.45, 7) is 3.16. The molecule has 0 aromatic rings. The van der Waals surface area contributed by atoms with Gasteiger partial charge in [0.15, 0.2) is 0 Å². The van der Waals surface area contributed by atoms with Crippen molar-refractivity contribution in [1.82, 2.24) is 0 Å². The molecule has 8 heteroatoms. The summed E-state index contributed by atoms with van der Waals surface area (Å²) in [7, 11) is 5.59. The van der Waals surface area contributed by atoms with Gasteiger partial charge in [0.1, 0.15) is 19.8 Å². The van der Waals surface area contributed by atoms with Gasteiger partial charge in [-0.05, 0) is 11.8 Å². The molecule has 3 atom stereocenters. The number of methoxy groups -OCH3 is 1. The van der Waals surface area contributed by atoms with E-state index in [9.17, 15) is 0 Å². The zero-order valence-corrected chi connectivity index (χ0v) is 11.8. The lowest BCUT2D eigenvalue weighted by Crippen LogP contribution is -2.48. The number of ether oxygens (including phenoxy) is 2. The summed E-state index contributed by atoms with van der Waals surface area (Å²) in [6.07, 6.45) is -1.93. The van der Waals surface area contributed by atoms with Crippen molar-refractivity contribution >= 4 is 33.6 Å². The van der Waals surface area contributed by atoms with E-state index in [2.05, 4.69) is 6.92 Å². The highest BCUT2D eigenvalue weighted by Crippen LogP contribution is 2.52. The van der Waals surface area contributed by atoms with Crippen LogP contribution in [-0.2, 0) is 30.3 Å². The highest BCUT2D eigenvalue weighted by molar-refractivity contribution is 8.21. The molecule has 0 bridgehead atoms. The minimum absolute atomic E-state index is 0.0695. The van der Waals surface area contributed by atoms with Gasteiger partial charge < -0.3 is 18.5 Å². The van der Waals surface area contributed by atoms with Crippen molar-refractivity contribution in [2.45, 2.75) is 24.6 Å². The molecule has 2 fully saturated rings. The van der Waals surface area contributed by atoms with Crippen molar-refractivity contribution in [3.63, 3.8) is 0 Å². The minimum atomic E-state index is -2.03. The zero-order valence-electron chi connectivity index (χ0n) is 10.1. The fourth-order valence-electron chi connectivity index (χ4n) is 2.51. The van der Waals surface area contributed by atoms with Crippen molar-refractivity contribution < 1.29 is 18.5 Å². The van der Waals surface area contributed by atoms with Crippen molar-refractivity contribution in [2.24, 2.45) is 5.92 Å². The standard InChI is InChI=1S/C8H17B2O4PS/c1-5-6(11-2)7(9)14-8(5)3-12-15(10,16)13-4-8/h5-7H,3-4,9-10H2,1-2H3/t5?,6-,7+,8?,15?/m0/s1. The highest BCUT2D eigenvalue weighted by Gasteiger charge is 2.54. The maximum absolute atomic E-state index is 6.00. The Morgan fingerprint density at radius 2 is 2.00 bits per heavy atom. The molecule has 0 aromatic carbocycles. The Labute approximate surface area is 103 Å². The van der Waals surface area contributed by atoms with Gasteiger partial charge in [0, 0.05) is 13.0 Å². The van der Waals surface area contributed by atoms with Gasteiger partial charge in [-0.25, -0.2) is 0 Å². The number of hydrogen-bond donors (Lipinski definition) is 0. The molecule has 0 amide bonds. The van der Waals surface area contributed by atoms with E-state index >= 15 is 0 Å². The molecule has 2 saturated heterocycles. The van der Waals surface area contributed by atoms with Gasteiger partial charge in [0.25, 0.3) is 0 Å². The second-order valence-electron chi connectivity index (χ2n) is 4.69. The van der Waals surface area contributed by atoms with E-state index in [4.69, 9.17) is 30.3 Å². The number of rotatable bonds is 1. The Kier molecular flexibility index (Phi) is 3.57. The van der Waals surface area contributed by atoms with Gasteiger partial charge in [-0.15, -0.1) is 0 Å². The largest absolute Gasteiger partial charge is 0.379 e. The molecule has 0 N–H and O–H groups in total. The van der Waals surface area contributed by atoms with Crippen molar-refractivity contribution in [1.29, 1.82) is 0 Å². The van der Waals surface area contributed by atoms with Crippen LogP contribution in [0.1, 0.15) is 6.92 Å². The molecule has 4 nitrogen and oxygen atoms in total. The molecule has 16 heavy (non-hydrogen) atoms. The molecular formula is C8H17B2O4PS. The molecule has 2 heterocycles. The van der Waals surface area contributed by atoms with E-state index < -0.39 is 6.37 Å². The van der Waals surface area contributed by atoms with Gasteiger partial charge in [-0.2, -0.15) is 0 Å². The SMILES string of the molecule is B[C@@H]1OC2(COP(B)(=S)OC2)C(C)[C@@H]1OC. The lowest BCUT2D eigenvalue weighted by Gasteiger charge is -2.40. The van der Waals surface area contributed by atoms with Crippen LogP contribution in [0, 0.1) is 5.92 Å². The van der Waals surface area contributed by atoms with Gasteiger partial charge in [0.2, 0.25) is 7.57 Å². The Morgan fingerprint density at radius 1 is 1.44 bits per heavy atom. The van der Waals surface area contributed by atoms with E-state index in [1.165, 1.54) is 0 Å². The average molecular weight is 262 g/mol. The van der Waals surface area contributed by atoms with Crippen LogP contribution in [0.4, 0.5) is 0 Å². The first-order valence-electron chi connectivity index (χ1n) is 5.47. The van der Waals surface area contributed by atoms with Crippen molar-refractivity contribution in [3.05, 3.63) is 0 Å². The molecule has 1 unspecified atom stereocenters. The second kappa shape index (κ2) is 4.38. The van der Waals surface area contributed by atoms with Crippen LogP contribution in [0.25, 0.3) is 0 Å². The fraction of sp³-hybridized carbons (Fsp3) is 1.00. The van der Waals surface area contributed by atoms with Crippen LogP contribution in [0.5, 0.6) is 0 Å². The van der Waals surface area contributed by atoms with Crippen molar-refractivity contribution in [2.75, 3.05) is 20.3 Å². The third-order valence-electron chi connectivity index (χ3n) is 3.56. The van der Waals surface area contributed by atoms with Crippen molar-refractivity contribution in [3.8, 4) is 0 Å². The summed E-state index contributed by atoms with van der Waals surface area (Å²) in [5, 5.41) is 0. The van der Waals surface area contributed by atoms with E-state index in [-0.39, 0.29) is 23.6 Å². The first-order chi connectivity index (χ1) is 7.40. The molecule has 0 saturated carbocycles. The van der Waals surface area contributed by atoms with E-state index in [0.717, 1.165) is 0 Å². The molecular weight excluding hydrogens is 245 g/mol. The minimum Gasteiger partial charge on any atom is -0.379 e. The Balaban J connectivity index is 2.13. The first-order valence-corrected chi connectivity index (χ1v) is 8.56. The second-order valence-corrected chi connectivity index (χ2v) is 8.74. The molecule has 0 aliphatic carbocycles. The molecule has 0 radical (unpaired) electrons. The van der Waals surface area contributed by atoms with Gasteiger partial charge in [-0.1, -0.05) is 6.92 Å². The molecule has 2 rings (SSSR count).